The van der Waals surface area contributed by atoms with Gasteiger partial charge in [0.15, 0.2) is 8.07 Å². The van der Waals surface area contributed by atoms with Crippen LogP contribution in [0.2, 0.25) is 0 Å². The number of hydrogen-bond acceptors (Lipinski definition) is 0. The lowest BCUT2D eigenvalue weighted by Gasteiger charge is -2.35. The average Bonchev–Trinajstić information content (AvgIpc) is 3.27. The van der Waals surface area contributed by atoms with Gasteiger partial charge in [0.2, 0.25) is 0 Å². The third kappa shape index (κ3) is 5.43. The third-order valence-corrected chi connectivity index (χ3v) is 16.3. The zero-order chi connectivity index (χ0) is 36.6. The molecule has 0 aliphatic heterocycles. The molecule has 258 valence electrons. The molecule has 0 saturated heterocycles. The van der Waals surface area contributed by atoms with Crippen LogP contribution in [-0.2, 0) is 0 Å². The van der Waals surface area contributed by atoms with Crippen molar-refractivity contribution in [3.63, 3.8) is 0 Å². The molecule has 0 radical (unpaired) electrons. The fourth-order valence-electron chi connectivity index (χ4n) is 9.09. The summed E-state index contributed by atoms with van der Waals surface area (Å²) in [6.07, 6.45) is 0. The molecular formula is C54H38Si. The Kier molecular flexibility index (Phi) is 8.28. The molecule has 0 nitrogen and oxygen atoms in total. The zero-order valence-electron chi connectivity index (χ0n) is 30.4. The van der Waals surface area contributed by atoms with Crippen LogP contribution in [0.5, 0.6) is 0 Å². The quantitative estimate of drug-likeness (QED) is 0.0876. The van der Waals surface area contributed by atoms with Crippen LogP contribution in [0, 0.1) is 0 Å². The van der Waals surface area contributed by atoms with Gasteiger partial charge in [0, 0.05) is 0 Å². The molecule has 0 bridgehead atoms. The van der Waals surface area contributed by atoms with Crippen molar-refractivity contribution in [2.45, 2.75) is 0 Å². The van der Waals surface area contributed by atoms with E-state index < -0.39 is 8.07 Å². The molecule has 55 heavy (non-hydrogen) atoms. The number of rotatable bonds is 7. The van der Waals surface area contributed by atoms with Gasteiger partial charge in [-0.1, -0.05) is 224 Å². The number of fused-ring (bicyclic) bond motifs is 3. The Labute approximate surface area is 323 Å². The van der Waals surface area contributed by atoms with Gasteiger partial charge >= 0.3 is 0 Å². The van der Waals surface area contributed by atoms with Gasteiger partial charge in [-0.15, -0.1) is 0 Å². The lowest BCUT2D eigenvalue weighted by Crippen LogP contribution is -2.74. The van der Waals surface area contributed by atoms with Crippen molar-refractivity contribution in [1.29, 1.82) is 0 Å². The Bertz CT molecular complexity index is 2840. The van der Waals surface area contributed by atoms with Crippen molar-refractivity contribution in [2.24, 2.45) is 0 Å². The molecule has 0 heterocycles. The van der Waals surface area contributed by atoms with E-state index in [4.69, 9.17) is 0 Å². The Balaban J connectivity index is 1.28. The van der Waals surface area contributed by atoms with E-state index in [1.807, 2.05) is 0 Å². The SMILES string of the molecule is c1ccc(-c2c3ccccc3c(-c3ccccc3)c3cc(-c4ccc([Si](c5ccccc5)(c5ccccc5)c5ccccc5)c5ccccc45)ccc23)cc1. The summed E-state index contributed by atoms with van der Waals surface area (Å²) in [7, 11) is -2.76. The fraction of sp³-hybridized carbons (Fsp3) is 0. The Morgan fingerprint density at radius 1 is 0.236 bits per heavy atom. The fourth-order valence-corrected chi connectivity index (χ4v) is 14.1. The van der Waals surface area contributed by atoms with Gasteiger partial charge in [-0.05, 0) is 92.5 Å². The van der Waals surface area contributed by atoms with Crippen molar-refractivity contribution in [3.05, 3.63) is 231 Å². The van der Waals surface area contributed by atoms with Crippen LogP contribution in [-0.4, -0.2) is 8.07 Å². The van der Waals surface area contributed by atoms with E-state index >= 15 is 0 Å². The molecule has 0 aliphatic rings. The highest BCUT2D eigenvalue weighted by Gasteiger charge is 2.42. The molecule has 1 heteroatoms. The molecule has 0 saturated carbocycles. The van der Waals surface area contributed by atoms with Crippen molar-refractivity contribution in [1.82, 2.24) is 0 Å². The van der Waals surface area contributed by atoms with Gasteiger partial charge in [-0.25, -0.2) is 0 Å². The summed E-state index contributed by atoms with van der Waals surface area (Å²) in [6, 6.07) is 85.5. The first-order valence-corrected chi connectivity index (χ1v) is 21.1. The van der Waals surface area contributed by atoms with Crippen LogP contribution in [0.3, 0.4) is 0 Å². The maximum Gasteiger partial charge on any atom is 0.180 e. The molecule has 0 amide bonds. The molecular weight excluding hydrogens is 677 g/mol. The maximum atomic E-state index is 2.45. The van der Waals surface area contributed by atoms with Crippen LogP contribution in [0.15, 0.2) is 231 Å². The van der Waals surface area contributed by atoms with Crippen LogP contribution < -0.4 is 20.7 Å². The predicted molar refractivity (Wildman–Crippen MR) is 239 cm³/mol. The minimum atomic E-state index is -2.76. The summed E-state index contributed by atoms with van der Waals surface area (Å²) in [5.41, 5.74) is 7.47. The number of hydrogen-bond donors (Lipinski definition) is 0. The van der Waals surface area contributed by atoms with Crippen molar-refractivity contribution >= 4 is 61.1 Å². The van der Waals surface area contributed by atoms with Gasteiger partial charge in [-0.2, -0.15) is 0 Å². The van der Waals surface area contributed by atoms with E-state index in [1.54, 1.807) is 0 Å². The van der Waals surface area contributed by atoms with E-state index in [2.05, 4.69) is 231 Å². The number of benzene rings is 10. The monoisotopic (exact) mass is 714 g/mol. The first kappa shape index (κ1) is 32.8. The van der Waals surface area contributed by atoms with Crippen molar-refractivity contribution < 1.29 is 0 Å². The molecule has 0 atom stereocenters. The van der Waals surface area contributed by atoms with Gasteiger partial charge < -0.3 is 0 Å². The highest BCUT2D eigenvalue weighted by atomic mass is 28.3. The Hall–Kier alpha value is -6.80. The zero-order valence-corrected chi connectivity index (χ0v) is 31.4. The lowest BCUT2D eigenvalue weighted by atomic mass is 9.84. The third-order valence-electron chi connectivity index (χ3n) is 11.4. The molecule has 0 N–H and O–H groups in total. The smallest absolute Gasteiger partial charge is 0.0623 e. The molecule has 0 unspecified atom stereocenters. The summed E-state index contributed by atoms with van der Waals surface area (Å²) in [5.74, 6) is 0. The topological polar surface area (TPSA) is 0 Å². The van der Waals surface area contributed by atoms with Crippen LogP contribution in [0.1, 0.15) is 0 Å². The van der Waals surface area contributed by atoms with E-state index in [-0.39, 0.29) is 0 Å². The highest BCUT2D eigenvalue weighted by Crippen LogP contribution is 2.45. The van der Waals surface area contributed by atoms with E-state index in [0.29, 0.717) is 0 Å². The van der Waals surface area contributed by atoms with Crippen molar-refractivity contribution in [3.8, 4) is 33.4 Å². The van der Waals surface area contributed by atoms with E-state index in [0.717, 1.165) is 0 Å². The van der Waals surface area contributed by atoms with Gasteiger partial charge in [-0.3, -0.25) is 0 Å². The molecule has 10 aromatic carbocycles. The largest absolute Gasteiger partial charge is 0.180 e. The van der Waals surface area contributed by atoms with Crippen molar-refractivity contribution in [2.75, 3.05) is 0 Å². The average molecular weight is 715 g/mol. The summed E-state index contributed by atoms with van der Waals surface area (Å²) in [5, 5.41) is 13.2. The van der Waals surface area contributed by atoms with Gasteiger partial charge in [0.25, 0.3) is 0 Å². The molecule has 0 aromatic heterocycles. The second-order valence-electron chi connectivity index (χ2n) is 14.3. The molecule has 0 spiro atoms. The van der Waals surface area contributed by atoms with Gasteiger partial charge in [0.1, 0.15) is 0 Å². The Morgan fingerprint density at radius 2 is 0.618 bits per heavy atom. The van der Waals surface area contributed by atoms with Crippen LogP contribution in [0.25, 0.3) is 65.7 Å². The first-order valence-electron chi connectivity index (χ1n) is 19.1. The van der Waals surface area contributed by atoms with E-state index in [1.165, 1.54) is 86.4 Å². The summed E-state index contributed by atoms with van der Waals surface area (Å²) in [4.78, 5) is 0. The van der Waals surface area contributed by atoms with Gasteiger partial charge in [0.05, 0.1) is 0 Å². The minimum Gasteiger partial charge on any atom is -0.0623 e. The van der Waals surface area contributed by atoms with Crippen LogP contribution >= 0.6 is 0 Å². The molecule has 10 rings (SSSR count). The molecule has 0 fully saturated rings. The molecule has 10 aromatic rings. The normalized spacial score (nSPS) is 11.6. The second-order valence-corrected chi connectivity index (χ2v) is 18.1. The summed E-state index contributed by atoms with van der Waals surface area (Å²) in [6.45, 7) is 0. The lowest BCUT2D eigenvalue weighted by molar-refractivity contribution is 1.64. The van der Waals surface area contributed by atoms with Crippen LogP contribution in [0.4, 0.5) is 0 Å². The summed E-state index contributed by atoms with van der Waals surface area (Å²) >= 11 is 0. The molecule has 0 aliphatic carbocycles. The summed E-state index contributed by atoms with van der Waals surface area (Å²) < 4.78 is 0. The second kappa shape index (κ2) is 13.9. The van der Waals surface area contributed by atoms with E-state index in [9.17, 15) is 0 Å². The highest BCUT2D eigenvalue weighted by molar-refractivity contribution is 7.20. The Morgan fingerprint density at radius 3 is 1.11 bits per heavy atom. The predicted octanol–water partition coefficient (Wildman–Crippen LogP) is 11.5. The maximum absolute atomic E-state index is 2.76. The minimum absolute atomic E-state index is 1.22. The standard InChI is InChI=1S/C54H38Si/c1-6-20-39(21-7-1)53-48-32-18-19-33-49(48)54(40-22-8-2-9-23-40)51-38-41(34-35-50(51)53)45-36-37-52(47-31-17-16-30-46(45)47)55(42-24-10-3-11-25-42,43-26-12-4-13-27-43)44-28-14-5-15-29-44/h1-38H. The first-order chi connectivity index (χ1) is 27.3.